The maximum Gasteiger partial charge on any atom is 0.326 e. The van der Waals surface area contributed by atoms with Crippen molar-refractivity contribution in [3.8, 4) is 0 Å². The minimum absolute atomic E-state index is 0.0213. The Morgan fingerprint density at radius 2 is 2.05 bits per heavy atom. The molecule has 20 heavy (non-hydrogen) atoms. The number of rotatable bonds is 3. The van der Waals surface area contributed by atoms with Gasteiger partial charge in [-0.1, -0.05) is 29.3 Å². The molecule has 108 valence electrons. The number of likely N-dealkylation sites (tertiary alicyclic amines) is 1. The average molecular weight is 318 g/mol. The number of hydrogen-bond donors (Lipinski definition) is 2. The Morgan fingerprint density at radius 1 is 1.35 bits per heavy atom. The van der Waals surface area contributed by atoms with Crippen molar-refractivity contribution in [1.29, 1.82) is 0 Å². The van der Waals surface area contributed by atoms with Crippen molar-refractivity contribution in [3.63, 3.8) is 0 Å². The fourth-order valence-corrected chi connectivity index (χ4v) is 2.73. The Balaban J connectivity index is 2.13. The average Bonchev–Trinajstić information content (AvgIpc) is 2.75. The van der Waals surface area contributed by atoms with Crippen molar-refractivity contribution in [2.45, 2.75) is 25.0 Å². The van der Waals surface area contributed by atoms with Gasteiger partial charge in [0.05, 0.1) is 12.5 Å². The van der Waals surface area contributed by atoms with E-state index in [4.69, 9.17) is 28.3 Å². The number of halogens is 2. The fourth-order valence-electron chi connectivity index (χ4n) is 2.25. The minimum atomic E-state index is -1.11. The van der Waals surface area contributed by atoms with Crippen molar-refractivity contribution in [1.82, 2.24) is 4.90 Å². The number of aliphatic carboxylic acids is 1. The molecule has 1 aromatic carbocycles. The summed E-state index contributed by atoms with van der Waals surface area (Å²) in [6.07, 6.45) is -0.775. The maximum absolute atomic E-state index is 12.2. The van der Waals surface area contributed by atoms with E-state index in [0.29, 0.717) is 15.6 Å². The van der Waals surface area contributed by atoms with Crippen LogP contribution in [0.4, 0.5) is 0 Å². The predicted octanol–water partition coefficient (Wildman–Crippen LogP) is 1.58. The van der Waals surface area contributed by atoms with Gasteiger partial charge in [-0.05, 0) is 17.7 Å². The van der Waals surface area contributed by atoms with Gasteiger partial charge in [-0.15, -0.1) is 0 Å². The highest BCUT2D eigenvalue weighted by Crippen LogP contribution is 2.24. The van der Waals surface area contributed by atoms with Gasteiger partial charge in [0, 0.05) is 23.0 Å². The molecule has 1 aromatic rings. The fraction of sp³-hybridized carbons (Fsp3) is 0.385. The summed E-state index contributed by atoms with van der Waals surface area (Å²) in [5, 5.41) is 19.4. The van der Waals surface area contributed by atoms with Crippen molar-refractivity contribution >= 4 is 35.1 Å². The van der Waals surface area contributed by atoms with Crippen LogP contribution in [0.25, 0.3) is 0 Å². The lowest BCUT2D eigenvalue weighted by molar-refractivity contribution is -0.148. The van der Waals surface area contributed by atoms with Gasteiger partial charge in [-0.25, -0.2) is 4.79 Å². The maximum atomic E-state index is 12.2. The molecule has 1 aliphatic heterocycles. The smallest absolute Gasteiger partial charge is 0.326 e. The van der Waals surface area contributed by atoms with Crippen LogP contribution in [0.1, 0.15) is 12.0 Å². The third-order valence-corrected chi connectivity index (χ3v) is 3.83. The normalized spacial score (nSPS) is 22.1. The van der Waals surface area contributed by atoms with Gasteiger partial charge in [-0.3, -0.25) is 4.79 Å². The monoisotopic (exact) mass is 317 g/mol. The predicted molar refractivity (Wildman–Crippen MR) is 73.9 cm³/mol. The van der Waals surface area contributed by atoms with Crippen LogP contribution >= 0.6 is 23.2 Å². The van der Waals surface area contributed by atoms with Crippen LogP contribution in [0.3, 0.4) is 0 Å². The Hall–Kier alpha value is -1.30. The van der Waals surface area contributed by atoms with Gasteiger partial charge in [0.1, 0.15) is 6.04 Å². The molecular formula is C13H13Cl2NO4. The Morgan fingerprint density at radius 3 is 2.65 bits per heavy atom. The second-order valence-corrected chi connectivity index (χ2v) is 5.55. The summed E-state index contributed by atoms with van der Waals surface area (Å²) >= 11 is 11.8. The van der Waals surface area contributed by atoms with Crippen molar-refractivity contribution < 1.29 is 19.8 Å². The number of β-amino-alcohol motifs (C(OH)–C–C–N with tert-alkyl or cyclic N) is 1. The van der Waals surface area contributed by atoms with E-state index >= 15 is 0 Å². The summed E-state index contributed by atoms with van der Waals surface area (Å²) in [6.45, 7) is 0.0288. The molecule has 1 amide bonds. The molecule has 1 aliphatic rings. The Labute approximate surface area is 125 Å². The molecule has 0 spiro atoms. The lowest BCUT2D eigenvalue weighted by atomic mass is 10.1. The van der Waals surface area contributed by atoms with E-state index in [9.17, 15) is 14.7 Å². The molecule has 0 unspecified atom stereocenters. The number of carboxylic acid groups (broad SMARTS) is 1. The number of carbonyl (C=O) groups is 2. The molecule has 1 heterocycles. The lowest BCUT2D eigenvalue weighted by Crippen LogP contribution is -2.41. The molecule has 0 radical (unpaired) electrons. The Kier molecular flexibility index (Phi) is 4.52. The highest BCUT2D eigenvalue weighted by atomic mass is 35.5. The van der Waals surface area contributed by atoms with E-state index in [0.717, 1.165) is 0 Å². The standard InChI is InChI=1S/C13H13Cl2NO4/c14-8-2-1-7(10(15)4-8)3-12(18)16-6-9(17)5-11(16)13(19)20/h1-2,4,9,11,17H,3,5-6H2,(H,19,20)/t9-,11-/m1/s1. The van der Waals surface area contributed by atoms with Gasteiger partial charge in [-0.2, -0.15) is 0 Å². The second kappa shape index (κ2) is 5.99. The Bertz CT molecular complexity index is 549. The number of amides is 1. The molecule has 2 N–H and O–H groups in total. The first-order chi connectivity index (χ1) is 9.38. The number of carbonyl (C=O) groups excluding carboxylic acids is 1. The zero-order valence-corrected chi connectivity index (χ0v) is 11.9. The number of benzene rings is 1. The zero-order valence-electron chi connectivity index (χ0n) is 10.4. The third-order valence-electron chi connectivity index (χ3n) is 3.24. The first-order valence-electron chi connectivity index (χ1n) is 6.02. The number of aliphatic hydroxyl groups is 1. The van der Waals surface area contributed by atoms with Gasteiger partial charge in [0.2, 0.25) is 5.91 Å². The van der Waals surface area contributed by atoms with E-state index in [1.807, 2.05) is 0 Å². The highest BCUT2D eigenvalue weighted by molar-refractivity contribution is 6.35. The molecule has 1 fully saturated rings. The van der Waals surface area contributed by atoms with Crippen LogP contribution in [0.5, 0.6) is 0 Å². The van der Waals surface area contributed by atoms with Crippen LogP contribution in [0.15, 0.2) is 18.2 Å². The summed E-state index contributed by atoms with van der Waals surface area (Å²) in [5.74, 6) is -1.49. The topological polar surface area (TPSA) is 77.8 Å². The molecule has 0 aliphatic carbocycles. The van der Waals surface area contributed by atoms with Gasteiger partial charge >= 0.3 is 5.97 Å². The van der Waals surface area contributed by atoms with E-state index in [1.54, 1.807) is 12.1 Å². The van der Waals surface area contributed by atoms with Crippen molar-refractivity contribution in [3.05, 3.63) is 33.8 Å². The third kappa shape index (κ3) is 3.23. The van der Waals surface area contributed by atoms with Crippen molar-refractivity contribution in [2.24, 2.45) is 0 Å². The van der Waals surface area contributed by atoms with Crippen molar-refractivity contribution in [2.75, 3.05) is 6.54 Å². The van der Waals surface area contributed by atoms with E-state index in [2.05, 4.69) is 0 Å². The number of aliphatic hydroxyl groups excluding tert-OH is 1. The minimum Gasteiger partial charge on any atom is -0.480 e. The summed E-state index contributed by atoms with van der Waals surface area (Å²) in [5.41, 5.74) is 0.576. The van der Waals surface area contributed by atoms with Crippen LogP contribution in [-0.2, 0) is 16.0 Å². The second-order valence-electron chi connectivity index (χ2n) is 4.70. The van der Waals surface area contributed by atoms with E-state index < -0.39 is 18.1 Å². The largest absolute Gasteiger partial charge is 0.480 e. The highest BCUT2D eigenvalue weighted by Gasteiger charge is 2.38. The van der Waals surface area contributed by atoms with Crippen LogP contribution in [-0.4, -0.2) is 45.7 Å². The molecular weight excluding hydrogens is 305 g/mol. The molecule has 0 saturated carbocycles. The first kappa shape index (κ1) is 15.1. The quantitative estimate of drug-likeness (QED) is 0.887. The van der Waals surface area contributed by atoms with Crippen LogP contribution < -0.4 is 0 Å². The summed E-state index contributed by atoms with van der Waals surface area (Å²) < 4.78 is 0. The molecule has 1 saturated heterocycles. The molecule has 2 rings (SSSR count). The molecule has 5 nitrogen and oxygen atoms in total. The number of carboxylic acids is 1. The molecule has 2 atom stereocenters. The summed E-state index contributed by atoms with van der Waals surface area (Å²) in [6, 6.07) is 3.79. The SMILES string of the molecule is O=C(O)[C@H]1C[C@@H](O)CN1C(=O)Cc1ccc(Cl)cc1Cl. The van der Waals surface area contributed by atoms with Gasteiger partial charge < -0.3 is 15.1 Å². The summed E-state index contributed by atoms with van der Waals surface area (Å²) in [7, 11) is 0. The number of hydrogen-bond acceptors (Lipinski definition) is 3. The van der Waals surface area contributed by atoms with Crippen LogP contribution in [0.2, 0.25) is 10.0 Å². The number of nitrogens with zero attached hydrogens (tertiary/aromatic N) is 1. The van der Waals surface area contributed by atoms with Crippen LogP contribution in [0, 0.1) is 0 Å². The molecule has 7 heteroatoms. The first-order valence-corrected chi connectivity index (χ1v) is 6.78. The van der Waals surface area contributed by atoms with Gasteiger partial charge in [0.25, 0.3) is 0 Å². The van der Waals surface area contributed by atoms with E-state index in [1.165, 1.54) is 11.0 Å². The lowest BCUT2D eigenvalue weighted by Gasteiger charge is -2.21. The molecule has 0 aromatic heterocycles. The van der Waals surface area contributed by atoms with Gasteiger partial charge in [0.15, 0.2) is 0 Å². The zero-order chi connectivity index (χ0) is 14.9. The molecule has 0 bridgehead atoms. The summed E-state index contributed by atoms with van der Waals surface area (Å²) in [4.78, 5) is 24.4. The van der Waals surface area contributed by atoms with E-state index in [-0.39, 0.29) is 25.3 Å².